The molecule has 4 nitrogen and oxygen atoms in total. The van der Waals surface area contributed by atoms with Crippen molar-refractivity contribution in [2.24, 2.45) is 0 Å². The van der Waals surface area contributed by atoms with Crippen LogP contribution >= 0.6 is 15.9 Å². The second kappa shape index (κ2) is 6.83. The number of ether oxygens (including phenoxy) is 1. The summed E-state index contributed by atoms with van der Waals surface area (Å²) in [5, 5.41) is 4.17. The third-order valence-electron chi connectivity index (χ3n) is 4.11. The summed E-state index contributed by atoms with van der Waals surface area (Å²) in [7, 11) is 0. The maximum atomic E-state index is 13.8. The third-order valence-corrected chi connectivity index (χ3v) is 4.72. The van der Waals surface area contributed by atoms with Gasteiger partial charge in [-0.2, -0.15) is 0 Å². The fourth-order valence-corrected chi connectivity index (χ4v) is 3.32. The average Bonchev–Trinajstić information content (AvgIpc) is 3.02. The highest BCUT2D eigenvalue weighted by molar-refractivity contribution is 9.10. The molecule has 6 heteroatoms. The first kappa shape index (κ1) is 16.2. The number of benzene rings is 1. The first-order valence-corrected chi connectivity index (χ1v) is 8.61. The standard InChI is InChI=1S/C17H18BrFN2O2/c1-2-23-17(22)12-9-20-15-8-14(19)13(18)7-11(15)16(12)21-10-5-3-4-6-10/h7-10H,2-6H2,1H3,(H,20,21). The first-order chi connectivity index (χ1) is 11.1. The summed E-state index contributed by atoms with van der Waals surface area (Å²) in [6.07, 6.45) is 5.94. The van der Waals surface area contributed by atoms with Crippen molar-refractivity contribution in [3.05, 3.63) is 34.2 Å². The molecule has 0 unspecified atom stereocenters. The van der Waals surface area contributed by atoms with Crippen molar-refractivity contribution >= 4 is 38.5 Å². The predicted octanol–water partition coefficient (Wildman–Crippen LogP) is 4.67. The highest BCUT2D eigenvalue weighted by Crippen LogP contribution is 2.33. The summed E-state index contributed by atoms with van der Waals surface area (Å²) in [4.78, 5) is 16.5. The third kappa shape index (κ3) is 3.32. The van der Waals surface area contributed by atoms with Crippen LogP contribution in [0.25, 0.3) is 10.9 Å². The van der Waals surface area contributed by atoms with Crippen LogP contribution in [-0.4, -0.2) is 23.6 Å². The monoisotopic (exact) mass is 380 g/mol. The van der Waals surface area contributed by atoms with Gasteiger partial charge in [-0.05, 0) is 41.8 Å². The van der Waals surface area contributed by atoms with E-state index in [1.54, 1.807) is 13.0 Å². The molecule has 1 aliphatic carbocycles. The van der Waals surface area contributed by atoms with Gasteiger partial charge in [-0.25, -0.2) is 9.18 Å². The molecule has 1 aromatic carbocycles. The Morgan fingerprint density at radius 1 is 1.43 bits per heavy atom. The normalized spacial score (nSPS) is 15.1. The van der Waals surface area contributed by atoms with Crippen LogP contribution in [0.3, 0.4) is 0 Å². The zero-order valence-corrected chi connectivity index (χ0v) is 14.5. The Morgan fingerprint density at radius 3 is 2.87 bits per heavy atom. The highest BCUT2D eigenvalue weighted by atomic mass is 79.9. The van der Waals surface area contributed by atoms with Crippen molar-refractivity contribution in [1.29, 1.82) is 0 Å². The predicted molar refractivity (Wildman–Crippen MR) is 91.2 cm³/mol. The molecular weight excluding hydrogens is 363 g/mol. The molecule has 0 atom stereocenters. The summed E-state index contributed by atoms with van der Waals surface area (Å²) >= 11 is 3.21. The van der Waals surface area contributed by atoms with Crippen molar-refractivity contribution in [1.82, 2.24) is 4.98 Å². The van der Waals surface area contributed by atoms with Gasteiger partial charge in [0, 0.05) is 23.7 Å². The van der Waals surface area contributed by atoms with Gasteiger partial charge in [-0.3, -0.25) is 4.98 Å². The van der Waals surface area contributed by atoms with E-state index in [0.29, 0.717) is 33.9 Å². The van der Waals surface area contributed by atoms with Gasteiger partial charge >= 0.3 is 5.97 Å². The van der Waals surface area contributed by atoms with Gasteiger partial charge in [0.05, 0.1) is 22.3 Å². The number of fused-ring (bicyclic) bond motifs is 1. The maximum Gasteiger partial charge on any atom is 0.341 e. The number of halogens is 2. The highest BCUT2D eigenvalue weighted by Gasteiger charge is 2.22. The van der Waals surface area contributed by atoms with E-state index >= 15 is 0 Å². The van der Waals surface area contributed by atoms with Gasteiger partial charge in [0.15, 0.2) is 0 Å². The molecule has 23 heavy (non-hydrogen) atoms. The van der Waals surface area contributed by atoms with Crippen LogP contribution in [-0.2, 0) is 4.74 Å². The summed E-state index contributed by atoms with van der Waals surface area (Å²) in [6, 6.07) is 3.35. The van der Waals surface area contributed by atoms with E-state index < -0.39 is 5.97 Å². The minimum atomic E-state index is -0.414. The fraction of sp³-hybridized carbons (Fsp3) is 0.412. The number of rotatable bonds is 4. The number of pyridine rings is 1. The molecule has 2 aromatic rings. The Balaban J connectivity index is 2.13. The zero-order valence-electron chi connectivity index (χ0n) is 12.9. The molecule has 1 aromatic heterocycles. The second-order valence-electron chi connectivity index (χ2n) is 5.68. The van der Waals surface area contributed by atoms with Crippen molar-refractivity contribution in [2.75, 3.05) is 11.9 Å². The second-order valence-corrected chi connectivity index (χ2v) is 6.53. The lowest BCUT2D eigenvalue weighted by Gasteiger charge is -2.18. The van der Waals surface area contributed by atoms with Crippen molar-refractivity contribution in [3.8, 4) is 0 Å². The number of hydrogen-bond donors (Lipinski definition) is 1. The number of anilines is 1. The summed E-state index contributed by atoms with van der Waals surface area (Å²) < 4.78 is 19.2. The van der Waals surface area contributed by atoms with E-state index in [9.17, 15) is 9.18 Å². The molecule has 0 spiro atoms. The number of aromatic nitrogens is 1. The number of hydrogen-bond acceptors (Lipinski definition) is 4. The van der Waals surface area contributed by atoms with Gasteiger partial charge in [-0.15, -0.1) is 0 Å². The molecule has 0 amide bonds. The molecule has 1 fully saturated rings. The molecule has 1 saturated carbocycles. The lowest BCUT2D eigenvalue weighted by Crippen LogP contribution is -2.18. The van der Waals surface area contributed by atoms with Crippen LogP contribution in [0.5, 0.6) is 0 Å². The molecule has 0 radical (unpaired) electrons. The van der Waals surface area contributed by atoms with Gasteiger partial charge < -0.3 is 10.1 Å². The molecule has 122 valence electrons. The minimum absolute atomic E-state index is 0.298. The van der Waals surface area contributed by atoms with Gasteiger partial charge in [0.25, 0.3) is 0 Å². The van der Waals surface area contributed by atoms with Crippen LogP contribution in [0, 0.1) is 5.82 Å². The minimum Gasteiger partial charge on any atom is -0.462 e. The van der Waals surface area contributed by atoms with Crippen LogP contribution in [0.15, 0.2) is 22.8 Å². The molecule has 1 aliphatic rings. The van der Waals surface area contributed by atoms with Crippen LogP contribution < -0.4 is 5.32 Å². The van der Waals surface area contributed by atoms with E-state index in [1.165, 1.54) is 25.1 Å². The van der Waals surface area contributed by atoms with Gasteiger partial charge in [-0.1, -0.05) is 12.8 Å². The number of nitrogens with zero attached hydrogens (tertiary/aromatic N) is 1. The molecule has 1 heterocycles. The van der Waals surface area contributed by atoms with Gasteiger partial charge in [0.2, 0.25) is 0 Å². The zero-order chi connectivity index (χ0) is 16.4. The Hall–Kier alpha value is -1.69. The van der Waals surface area contributed by atoms with Gasteiger partial charge in [0.1, 0.15) is 11.4 Å². The SMILES string of the molecule is CCOC(=O)c1cnc2cc(F)c(Br)cc2c1NC1CCCC1. The fourth-order valence-electron chi connectivity index (χ4n) is 2.98. The first-order valence-electron chi connectivity index (χ1n) is 7.81. The summed E-state index contributed by atoms with van der Waals surface area (Å²) in [6.45, 7) is 2.06. The van der Waals surface area contributed by atoms with E-state index in [1.807, 2.05) is 0 Å². The smallest absolute Gasteiger partial charge is 0.341 e. The topological polar surface area (TPSA) is 51.2 Å². The molecule has 1 N–H and O–H groups in total. The van der Waals surface area contributed by atoms with Crippen molar-refractivity contribution in [3.63, 3.8) is 0 Å². The van der Waals surface area contributed by atoms with Crippen molar-refractivity contribution in [2.45, 2.75) is 38.6 Å². The number of carbonyl (C=O) groups is 1. The number of nitrogens with one attached hydrogen (secondary N) is 1. The van der Waals surface area contributed by atoms with Crippen molar-refractivity contribution < 1.29 is 13.9 Å². The summed E-state index contributed by atoms with van der Waals surface area (Å²) in [5.41, 5.74) is 1.59. The average molecular weight is 381 g/mol. The van der Waals surface area contributed by atoms with Crippen LogP contribution in [0.1, 0.15) is 43.0 Å². The van der Waals surface area contributed by atoms with Crippen LogP contribution in [0.4, 0.5) is 10.1 Å². The Bertz CT molecular complexity index is 745. The van der Waals surface area contributed by atoms with E-state index in [2.05, 4.69) is 26.2 Å². The molecule has 0 bridgehead atoms. The molecular formula is C17H18BrFN2O2. The molecule has 0 saturated heterocycles. The Labute approximate surface area is 142 Å². The molecule has 3 rings (SSSR count). The van der Waals surface area contributed by atoms with E-state index in [-0.39, 0.29) is 5.82 Å². The quantitative estimate of drug-likeness (QED) is 0.783. The largest absolute Gasteiger partial charge is 0.462 e. The summed E-state index contributed by atoms with van der Waals surface area (Å²) in [5.74, 6) is -0.788. The van der Waals surface area contributed by atoms with E-state index in [4.69, 9.17) is 4.74 Å². The maximum absolute atomic E-state index is 13.8. The Morgan fingerprint density at radius 2 is 2.17 bits per heavy atom. The molecule has 0 aliphatic heterocycles. The van der Waals surface area contributed by atoms with Crippen LogP contribution in [0.2, 0.25) is 0 Å². The van der Waals surface area contributed by atoms with E-state index in [0.717, 1.165) is 18.2 Å². The lowest BCUT2D eigenvalue weighted by atomic mass is 10.1. The lowest BCUT2D eigenvalue weighted by molar-refractivity contribution is 0.0527. The Kier molecular flexibility index (Phi) is 4.80. The number of carbonyl (C=O) groups excluding carboxylic acids is 1. The number of esters is 1.